The van der Waals surface area contributed by atoms with E-state index in [2.05, 4.69) is 6.07 Å². The minimum Gasteiger partial charge on any atom is -0.339 e. The van der Waals surface area contributed by atoms with E-state index >= 15 is 0 Å². The fourth-order valence-corrected chi connectivity index (χ4v) is 2.89. The van der Waals surface area contributed by atoms with E-state index in [0.717, 1.165) is 31.5 Å². The number of Topliss-reactive ketones (excluding diaryl/α,β-unsaturated/α-hetero) is 1. The molecule has 0 N–H and O–H groups in total. The van der Waals surface area contributed by atoms with Gasteiger partial charge in [0.1, 0.15) is 5.82 Å². The molecule has 0 saturated heterocycles. The van der Waals surface area contributed by atoms with Crippen LogP contribution in [-0.4, -0.2) is 12.3 Å². The van der Waals surface area contributed by atoms with Gasteiger partial charge in [0, 0.05) is 17.8 Å². The van der Waals surface area contributed by atoms with Crippen LogP contribution in [0.15, 0.2) is 42.5 Å². The first kappa shape index (κ1) is 13.8. The normalized spacial score (nSPS) is 14.5. The minimum absolute atomic E-state index is 0.114. The standard InChI is InChI=1S/C18H18FNO/c1-13(21)15-9-10-18(16(19)12-15)20-11-5-4-7-14-6-2-3-8-17(14)20/h2-3,6,8-10,12H,4-5,7,11H2,1H3. The third-order valence-corrected chi connectivity index (χ3v) is 4.01. The number of halogens is 1. The lowest BCUT2D eigenvalue weighted by Gasteiger charge is -2.25. The summed E-state index contributed by atoms with van der Waals surface area (Å²) >= 11 is 0. The van der Waals surface area contributed by atoms with Gasteiger partial charge < -0.3 is 4.90 Å². The Morgan fingerprint density at radius 3 is 2.67 bits per heavy atom. The maximum Gasteiger partial charge on any atom is 0.159 e. The van der Waals surface area contributed by atoms with Crippen LogP contribution in [0.4, 0.5) is 15.8 Å². The number of carbonyl (C=O) groups is 1. The number of benzene rings is 2. The highest BCUT2D eigenvalue weighted by atomic mass is 19.1. The molecule has 1 heterocycles. The van der Waals surface area contributed by atoms with E-state index in [1.165, 1.54) is 18.6 Å². The van der Waals surface area contributed by atoms with Crippen LogP contribution in [0.1, 0.15) is 35.7 Å². The van der Waals surface area contributed by atoms with E-state index in [9.17, 15) is 9.18 Å². The van der Waals surface area contributed by atoms with Gasteiger partial charge in [-0.15, -0.1) is 0 Å². The van der Waals surface area contributed by atoms with Crippen LogP contribution in [0.3, 0.4) is 0 Å². The summed E-state index contributed by atoms with van der Waals surface area (Å²) in [6, 6.07) is 12.9. The third kappa shape index (κ3) is 2.68. The quantitative estimate of drug-likeness (QED) is 0.756. The van der Waals surface area contributed by atoms with Crippen LogP contribution in [0, 0.1) is 5.82 Å². The zero-order valence-electron chi connectivity index (χ0n) is 12.1. The summed E-state index contributed by atoms with van der Waals surface area (Å²) in [6.07, 6.45) is 3.17. The zero-order chi connectivity index (χ0) is 14.8. The van der Waals surface area contributed by atoms with Gasteiger partial charge in [0.15, 0.2) is 5.78 Å². The average Bonchev–Trinajstić information content (AvgIpc) is 2.69. The molecule has 0 aromatic heterocycles. The van der Waals surface area contributed by atoms with Crippen molar-refractivity contribution >= 4 is 17.2 Å². The molecule has 0 amide bonds. The predicted octanol–water partition coefficient (Wildman–Crippen LogP) is 4.50. The number of hydrogen-bond acceptors (Lipinski definition) is 2. The first-order valence-electron chi connectivity index (χ1n) is 7.33. The number of aryl methyl sites for hydroxylation is 1. The second kappa shape index (κ2) is 5.68. The molecule has 0 aliphatic carbocycles. The van der Waals surface area contributed by atoms with Gasteiger partial charge in [-0.3, -0.25) is 4.79 Å². The molecule has 0 saturated carbocycles. The highest BCUT2D eigenvalue weighted by molar-refractivity contribution is 5.94. The number of hydrogen-bond donors (Lipinski definition) is 0. The summed E-state index contributed by atoms with van der Waals surface area (Å²) in [7, 11) is 0. The average molecular weight is 283 g/mol. The van der Waals surface area contributed by atoms with Gasteiger partial charge in [-0.1, -0.05) is 18.2 Å². The molecule has 3 rings (SSSR count). The molecule has 0 spiro atoms. The van der Waals surface area contributed by atoms with Gasteiger partial charge in [-0.25, -0.2) is 4.39 Å². The second-order valence-corrected chi connectivity index (χ2v) is 5.46. The highest BCUT2D eigenvalue weighted by Crippen LogP contribution is 2.34. The molecular weight excluding hydrogens is 265 g/mol. The summed E-state index contributed by atoms with van der Waals surface area (Å²) in [5.74, 6) is -0.448. The number of anilines is 2. The zero-order valence-corrected chi connectivity index (χ0v) is 12.1. The lowest BCUT2D eigenvalue weighted by atomic mass is 10.1. The van der Waals surface area contributed by atoms with Crippen molar-refractivity contribution in [2.24, 2.45) is 0 Å². The monoisotopic (exact) mass is 283 g/mol. The van der Waals surface area contributed by atoms with E-state index in [0.29, 0.717) is 11.3 Å². The van der Waals surface area contributed by atoms with Gasteiger partial charge in [-0.2, -0.15) is 0 Å². The van der Waals surface area contributed by atoms with E-state index < -0.39 is 0 Å². The van der Waals surface area contributed by atoms with Crippen molar-refractivity contribution in [2.75, 3.05) is 11.4 Å². The molecule has 0 atom stereocenters. The lowest BCUT2D eigenvalue weighted by molar-refractivity contribution is 0.101. The Hall–Kier alpha value is -2.16. The fourth-order valence-electron chi connectivity index (χ4n) is 2.89. The van der Waals surface area contributed by atoms with E-state index in [-0.39, 0.29) is 11.6 Å². The topological polar surface area (TPSA) is 20.3 Å². The Bertz CT molecular complexity index is 681. The SMILES string of the molecule is CC(=O)c1ccc(N2CCCCc3ccccc32)c(F)c1. The number of rotatable bonds is 2. The van der Waals surface area contributed by atoms with Gasteiger partial charge in [0.25, 0.3) is 0 Å². The highest BCUT2D eigenvalue weighted by Gasteiger charge is 2.19. The predicted molar refractivity (Wildman–Crippen MR) is 82.8 cm³/mol. The van der Waals surface area contributed by atoms with Crippen molar-refractivity contribution in [2.45, 2.75) is 26.2 Å². The van der Waals surface area contributed by atoms with Crippen molar-refractivity contribution in [3.8, 4) is 0 Å². The summed E-state index contributed by atoms with van der Waals surface area (Å²) in [6.45, 7) is 2.25. The Labute approximate surface area is 124 Å². The van der Waals surface area contributed by atoms with E-state index in [1.54, 1.807) is 12.1 Å². The Balaban J connectivity index is 2.06. The Morgan fingerprint density at radius 1 is 1.10 bits per heavy atom. The van der Waals surface area contributed by atoms with Gasteiger partial charge in [0.2, 0.25) is 0 Å². The molecule has 2 nitrogen and oxygen atoms in total. The largest absolute Gasteiger partial charge is 0.339 e. The van der Waals surface area contributed by atoms with Crippen LogP contribution >= 0.6 is 0 Å². The maximum atomic E-state index is 14.4. The Morgan fingerprint density at radius 2 is 1.90 bits per heavy atom. The molecule has 0 unspecified atom stereocenters. The minimum atomic E-state index is -0.334. The number of ketones is 1. The van der Waals surface area contributed by atoms with E-state index in [1.807, 2.05) is 23.1 Å². The van der Waals surface area contributed by atoms with Crippen molar-refractivity contribution in [3.63, 3.8) is 0 Å². The molecule has 3 heteroatoms. The lowest BCUT2D eigenvalue weighted by Crippen LogP contribution is -2.19. The molecule has 1 aliphatic rings. The summed E-state index contributed by atoms with van der Waals surface area (Å²) in [4.78, 5) is 13.4. The third-order valence-electron chi connectivity index (χ3n) is 4.01. The molecule has 2 aromatic carbocycles. The van der Waals surface area contributed by atoms with Gasteiger partial charge >= 0.3 is 0 Å². The first-order valence-corrected chi connectivity index (χ1v) is 7.33. The molecule has 2 aromatic rings. The number of carbonyl (C=O) groups excluding carboxylic acids is 1. The van der Waals surface area contributed by atoms with Crippen LogP contribution in [0.5, 0.6) is 0 Å². The van der Waals surface area contributed by atoms with Crippen molar-refractivity contribution in [1.29, 1.82) is 0 Å². The number of nitrogens with zero attached hydrogens (tertiary/aromatic N) is 1. The van der Waals surface area contributed by atoms with Gasteiger partial charge in [-0.05, 0) is 56.0 Å². The van der Waals surface area contributed by atoms with Crippen LogP contribution in [-0.2, 0) is 6.42 Å². The molecule has 0 fully saturated rings. The summed E-state index contributed by atoms with van der Waals surface area (Å²) in [5, 5.41) is 0. The van der Waals surface area contributed by atoms with Crippen molar-refractivity contribution in [1.82, 2.24) is 0 Å². The number of fused-ring (bicyclic) bond motifs is 1. The van der Waals surface area contributed by atoms with Crippen molar-refractivity contribution < 1.29 is 9.18 Å². The molecule has 0 radical (unpaired) electrons. The summed E-state index contributed by atoms with van der Waals surface area (Å²) in [5.41, 5.74) is 3.29. The van der Waals surface area contributed by atoms with Crippen molar-refractivity contribution in [3.05, 3.63) is 59.4 Å². The van der Waals surface area contributed by atoms with Crippen LogP contribution in [0.2, 0.25) is 0 Å². The Kier molecular flexibility index (Phi) is 3.74. The molecule has 1 aliphatic heterocycles. The smallest absolute Gasteiger partial charge is 0.159 e. The van der Waals surface area contributed by atoms with Crippen LogP contribution < -0.4 is 4.90 Å². The maximum absolute atomic E-state index is 14.4. The fraction of sp³-hybridized carbons (Fsp3) is 0.278. The molecule has 0 bridgehead atoms. The molecule has 21 heavy (non-hydrogen) atoms. The van der Waals surface area contributed by atoms with Gasteiger partial charge in [0.05, 0.1) is 5.69 Å². The second-order valence-electron chi connectivity index (χ2n) is 5.46. The van der Waals surface area contributed by atoms with Crippen LogP contribution in [0.25, 0.3) is 0 Å². The molecule has 108 valence electrons. The molecular formula is C18H18FNO. The number of para-hydroxylation sites is 1. The first-order chi connectivity index (χ1) is 10.2. The summed E-state index contributed by atoms with van der Waals surface area (Å²) < 4.78 is 14.4. The van der Waals surface area contributed by atoms with E-state index in [4.69, 9.17) is 0 Å².